The first-order valence-corrected chi connectivity index (χ1v) is 9.41. The van der Waals surface area contributed by atoms with Gasteiger partial charge in [-0.2, -0.15) is 0 Å². The predicted molar refractivity (Wildman–Crippen MR) is 107 cm³/mol. The number of para-hydroxylation sites is 1. The first-order chi connectivity index (χ1) is 12.7. The highest BCUT2D eigenvalue weighted by Gasteiger charge is 2.45. The van der Waals surface area contributed by atoms with E-state index in [2.05, 4.69) is 48.9 Å². The van der Waals surface area contributed by atoms with Crippen molar-refractivity contribution in [1.82, 2.24) is 15.5 Å². The molecule has 3 N–H and O–H groups in total. The molecule has 0 radical (unpaired) electrons. The van der Waals surface area contributed by atoms with Crippen LogP contribution in [0.5, 0.6) is 0 Å². The van der Waals surface area contributed by atoms with Crippen molar-refractivity contribution in [2.75, 3.05) is 25.0 Å². The Labute approximate surface area is 160 Å². The lowest BCUT2D eigenvalue weighted by Crippen LogP contribution is -2.56. The van der Waals surface area contributed by atoms with Crippen LogP contribution in [0.4, 0.5) is 5.69 Å². The normalized spacial score (nSPS) is 23.7. The number of nitrogens with one attached hydrogen (secondary N) is 3. The number of likely N-dealkylation sites (tertiary alicyclic amines) is 1. The van der Waals surface area contributed by atoms with Crippen LogP contribution >= 0.6 is 0 Å². The molecular formula is C20H29N5O2. The van der Waals surface area contributed by atoms with Crippen LogP contribution in [0.2, 0.25) is 0 Å². The molecule has 0 aliphatic carbocycles. The Kier molecular flexibility index (Phi) is 5.24. The van der Waals surface area contributed by atoms with Crippen molar-refractivity contribution in [2.24, 2.45) is 4.99 Å². The van der Waals surface area contributed by atoms with Gasteiger partial charge in [-0.3, -0.25) is 19.9 Å². The fourth-order valence-electron chi connectivity index (χ4n) is 3.53. The Morgan fingerprint density at radius 2 is 2.04 bits per heavy atom. The van der Waals surface area contributed by atoms with E-state index in [9.17, 15) is 9.59 Å². The number of amidine groups is 1. The van der Waals surface area contributed by atoms with E-state index >= 15 is 0 Å². The summed E-state index contributed by atoms with van der Waals surface area (Å²) in [4.78, 5) is 30.4. The number of amides is 2. The molecule has 0 bridgehead atoms. The summed E-state index contributed by atoms with van der Waals surface area (Å²) in [6.45, 7) is 9.53. The number of anilines is 1. The van der Waals surface area contributed by atoms with Crippen LogP contribution in [0, 0.1) is 0 Å². The van der Waals surface area contributed by atoms with E-state index in [0.717, 1.165) is 17.9 Å². The summed E-state index contributed by atoms with van der Waals surface area (Å²) in [6, 6.07) is 8.19. The number of rotatable bonds is 2. The van der Waals surface area contributed by atoms with E-state index in [1.165, 1.54) is 12.5 Å². The molecule has 1 fully saturated rings. The van der Waals surface area contributed by atoms with Gasteiger partial charge < -0.3 is 15.5 Å². The molecule has 7 heteroatoms. The summed E-state index contributed by atoms with van der Waals surface area (Å²) in [7, 11) is 0. The van der Waals surface area contributed by atoms with Crippen LogP contribution in [0.25, 0.3) is 0 Å². The summed E-state index contributed by atoms with van der Waals surface area (Å²) in [6.07, 6.45) is 0.773. The van der Waals surface area contributed by atoms with Gasteiger partial charge >= 0.3 is 0 Å². The zero-order chi connectivity index (χ0) is 19.7. The van der Waals surface area contributed by atoms with Crippen LogP contribution < -0.4 is 16.0 Å². The lowest BCUT2D eigenvalue weighted by Gasteiger charge is -2.32. The monoisotopic (exact) mass is 371 g/mol. The second-order valence-corrected chi connectivity index (χ2v) is 8.32. The lowest BCUT2D eigenvalue weighted by molar-refractivity contribution is -0.131. The summed E-state index contributed by atoms with van der Waals surface area (Å²) >= 11 is 0. The third-order valence-corrected chi connectivity index (χ3v) is 4.90. The average molecular weight is 371 g/mol. The highest BCUT2D eigenvalue weighted by atomic mass is 16.2. The Bertz CT molecular complexity index is 768. The van der Waals surface area contributed by atoms with Crippen molar-refractivity contribution in [2.45, 2.75) is 51.7 Å². The summed E-state index contributed by atoms with van der Waals surface area (Å²) in [5.74, 6) is 0.604. The fraction of sp³-hybridized carbons (Fsp3) is 0.550. The molecule has 27 heavy (non-hydrogen) atoms. The zero-order valence-electron chi connectivity index (χ0n) is 16.6. The number of hydrogen-bond acceptors (Lipinski definition) is 4. The Morgan fingerprint density at radius 1 is 1.30 bits per heavy atom. The van der Waals surface area contributed by atoms with Gasteiger partial charge in [-0.25, -0.2) is 0 Å². The Morgan fingerprint density at radius 3 is 2.74 bits per heavy atom. The molecule has 1 unspecified atom stereocenters. The van der Waals surface area contributed by atoms with Crippen LogP contribution in [-0.2, 0) is 16.1 Å². The van der Waals surface area contributed by atoms with Crippen molar-refractivity contribution < 1.29 is 9.59 Å². The largest absolute Gasteiger partial charge is 0.347 e. The summed E-state index contributed by atoms with van der Waals surface area (Å²) < 4.78 is 0. The van der Waals surface area contributed by atoms with Gasteiger partial charge in [-0.1, -0.05) is 18.2 Å². The molecule has 1 saturated heterocycles. The zero-order valence-corrected chi connectivity index (χ0v) is 16.6. The number of fused-ring (bicyclic) bond motifs is 1. The van der Waals surface area contributed by atoms with Crippen molar-refractivity contribution in [3.63, 3.8) is 0 Å². The smallest absolute Gasteiger partial charge is 0.242 e. The van der Waals surface area contributed by atoms with Crippen molar-refractivity contribution in [1.29, 1.82) is 0 Å². The minimum atomic E-state index is -0.418. The van der Waals surface area contributed by atoms with Gasteiger partial charge in [0.1, 0.15) is 5.84 Å². The molecule has 0 saturated carbocycles. The third kappa shape index (κ3) is 4.47. The van der Waals surface area contributed by atoms with E-state index in [1.807, 2.05) is 12.1 Å². The maximum absolute atomic E-state index is 12.5. The fourth-order valence-corrected chi connectivity index (χ4v) is 3.53. The summed E-state index contributed by atoms with van der Waals surface area (Å²) in [5.41, 5.74) is 1.56. The molecular weight excluding hydrogens is 342 g/mol. The standard InChI is InChI=1S/C20H29N5O2/c1-14(26)21-12-17(27)25-10-9-20(13-25)18(24-19(2,3)4)23-16-8-6-5-7-15(16)11-22-20/h5-8,22H,9-13H2,1-4H3,(H,21,26)(H,23,24). The Hall–Kier alpha value is -2.41. The molecule has 3 rings (SSSR count). The first-order valence-electron chi connectivity index (χ1n) is 9.41. The van der Waals surface area contributed by atoms with Gasteiger partial charge in [0, 0.05) is 32.2 Å². The maximum Gasteiger partial charge on any atom is 0.242 e. The van der Waals surface area contributed by atoms with Gasteiger partial charge in [-0.05, 0) is 38.8 Å². The number of carbonyl (C=O) groups is 2. The molecule has 0 aromatic heterocycles. The van der Waals surface area contributed by atoms with Gasteiger partial charge in [-0.15, -0.1) is 0 Å². The maximum atomic E-state index is 12.5. The quantitative estimate of drug-likeness (QED) is 0.736. The van der Waals surface area contributed by atoms with Crippen molar-refractivity contribution in [3.8, 4) is 0 Å². The van der Waals surface area contributed by atoms with Gasteiger partial charge in [0.25, 0.3) is 0 Å². The number of hydrogen-bond donors (Lipinski definition) is 3. The second kappa shape index (κ2) is 7.31. The molecule has 146 valence electrons. The Balaban J connectivity index is 1.87. The van der Waals surface area contributed by atoms with E-state index in [-0.39, 0.29) is 23.9 Å². The van der Waals surface area contributed by atoms with Crippen LogP contribution in [-0.4, -0.2) is 53.3 Å². The highest BCUT2D eigenvalue weighted by molar-refractivity contribution is 6.04. The molecule has 1 aromatic rings. The molecule has 2 amide bonds. The van der Waals surface area contributed by atoms with Crippen molar-refractivity contribution >= 4 is 23.3 Å². The molecule has 2 aliphatic heterocycles. The SMILES string of the molecule is CC(=O)NCC(=O)N1CCC2(C1)NCc1ccccc1NC2=NC(C)(C)C. The number of nitrogens with zero attached hydrogens (tertiary/aromatic N) is 2. The molecule has 2 heterocycles. The minimum absolute atomic E-state index is 0.0326. The third-order valence-electron chi connectivity index (χ3n) is 4.90. The molecule has 7 nitrogen and oxygen atoms in total. The molecule has 1 aromatic carbocycles. The topological polar surface area (TPSA) is 85.8 Å². The van der Waals surface area contributed by atoms with Gasteiger partial charge in [0.2, 0.25) is 11.8 Å². The van der Waals surface area contributed by atoms with Crippen LogP contribution in [0.15, 0.2) is 29.3 Å². The minimum Gasteiger partial charge on any atom is -0.347 e. The van der Waals surface area contributed by atoms with Gasteiger partial charge in [0.15, 0.2) is 0 Å². The lowest BCUT2D eigenvalue weighted by atomic mass is 9.95. The van der Waals surface area contributed by atoms with Crippen LogP contribution in [0.1, 0.15) is 39.7 Å². The van der Waals surface area contributed by atoms with E-state index in [0.29, 0.717) is 19.6 Å². The van der Waals surface area contributed by atoms with E-state index in [4.69, 9.17) is 4.99 Å². The number of carbonyl (C=O) groups excluding carboxylic acids is 2. The number of aliphatic imine (C=N–C) groups is 1. The van der Waals surface area contributed by atoms with E-state index < -0.39 is 5.54 Å². The van der Waals surface area contributed by atoms with Crippen LogP contribution in [0.3, 0.4) is 0 Å². The molecule has 1 spiro atoms. The molecule has 1 atom stereocenters. The predicted octanol–water partition coefficient (Wildman–Crippen LogP) is 1.51. The van der Waals surface area contributed by atoms with Gasteiger partial charge in [0.05, 0.1) is 17.6 Å². The highest BCUT2D eigenvalue weighted by Crippen LogP contribution is 2.30. The second-order valence-electron chi connectivity index (χ2n) is 8.32. The summed E-state index contributed by atoms with van der Waals surface area (Å²) in [5, 5.41) is 9.79. The number of benzene rings is 1. The van der Waals surface area contributed by atoms with E-state index in [1.54, 1.807) is 4.90 Å². The van der Waals surface area contributed by atoms with Crippen molar-refractivity contribution in [3.05, 3.63) is 29.8 Å². The first kappa shape index (κ1) is 19.4. The average Bonchev–Trinajstić information content (AvgIpc) is 2.96. The molecule has 2 aliphatic rings.